The third-order valence-corrected chi connectivity index (χ3v) is 2.85. The first-order valence-electron chi connectivity index (χ1n) is 6.15. The molecule has 1 heterocycles. The van der Waals surface area contributed by atoms with E-state index in [9.17, 15) is 18.7 Å². The van der Waals surface area contributed by atoms with E-state index >= 15 is 0 Å². The first-order chi connectivity index (χ1) is 8.20. The maximum Gasteiger partial charge on any atom is 0.410 e. The van der Waals surface area contributed by atoms with Crippen LogP contribution in [0.5, 0.6) is 0 Å². The lowest BCUT2D eigenvalue weighted by Crippen LogP contribution is -2.46. The minimum atomic E-state index is -2.77. The summed E-state index contributed by atoms with van der Waals surface area (Å²) in [6, 6.07) is 0. The molecule has 1 fully saturated rings. The second-order valence-corrected chi connectivity index (χ2v) is 5.65. The third kappa shape index (κ3) is 4.40. The van der Waals surface area contributed by atoms with Crippen LogP contribution in [-0.4, -0.2) is 47.3 Å². The molecule has 1 rings (SSSR count). The van der Waals surface area contributed by atoms with Gasteiger partial charge in [0.1, 0.15) is 11.7 Å². The van der Waals surface area contributed by atoms with Gasteiger partial charge in [-0.1, -0.05) is 0 Å². The number of carbonyl (C=O) groups excluding carboxylic acids is 1. The maximum atomic E-state index is 12.4. The number of amides is 1. The van der Waals surface area contributed by atoms with E-state index in [0.29, 0.717) is 19.4 Å². The van der Waals surface area contributed by atoms with Crippen molar-refractivity contribution < 1.29 is 23.4 Å². The number of piperidine rings is 1. The van der Waals surface area contributed by atoms with Crippen LogP contribution in [0, 0.1) is 5.92 Å². The Labute approximate surface area is 106 Å². The van der Waals surface area contributed by atoms with Crippen molar-refractivity contribution in [1.82, 2.24) is 4.90 Å². The molecule has 2 atom stereocenters. The Hall–Kier alpha value is -0.910. The predicted molar refractivity (Wildman–Crippen MR) is 62.5 cm³/mol. The smallest absolute Gasteiger partial charge is 0.410 e. The molecule has 106 valence electrons. The number of aliphatic hydroxyl groups excluding tert-OH is 1. The topological polar surface area (TPSA) is 49.8 Å². The predicted octanol–water partition coefficient (Wildman–Crippen LogP) is 2.26. The van der Waals surface area contributed by atoms with Crippen molar-refractivity contribution in [1.29, 1.82) is 0 Å². The highest BCUT2D eigenvalue weighted by molar-refractivity contribution is 5.68. The van der Waals surface area contributed by atoms with Crippen LogP contribution in [0.4, 0.5) is 13.6 Å². The number of likely N-dealkylation sites (tertiary alicyclic amines) is 1. The molecule has 0 aromatic rings. The fourth-order valence-electron chi connectivity index (χ4n) is 1.99. The summed E-state index contributed by atoms with van der Waals surface area (Å²) in [6.45, 7) is 5.86. The zero-order chi connectivity index (χ0) is 13.9. The van der Waals surface area contributed by atoms with Crippen molar-refractivity contribution >= 4 is 6.09 Å². The lowest BCUT2D eigenvalue weighted by molar-refractivity contribution is -0.0587. The van der Waals surface area contributed by atoms with Gasteiger partial charge in [-0.25, -0.2) is 13.6 Å². The van der Waals surface area contributed by atoms with Gasteiger partial charge in [-0.05, 0) is 33.6 Å². The molecule has 1 saturated heterocycles. The van der Waals surface area contributed by atoms with E-state index in [4.69, 9.17) is 4.74 Å². The van der Waals surface area contributed by atoms with Crippen LogP contribution in [0.1, 0.15) is 33.6 Å². The number of alkyl halides is 2. The second-order valence-electron chi connectivity index (χ2n) is 5.65. The molecule has 0 aliphatic carbocycles. The van der Waals surface area contributed by atoms with Gasteiger partial charge in [0.15, 0.2) is 0 Å². The Kier molecular flexibility index (Phi) is 4.90. The van der Waals surface area contributed by atoms with E-state index in [1.54, 1.807) is 20.8 Å². The number of nitrogens with zero attached hydrogens (tertiary/aromatic N) is 1. The average Bonchev–Trinajstić information content (AvgIpc) is 2.25. The summed E-state index contributed by atoms with van der Waals surface area (Å²) in [5, 5.41) is 9.35. The van der Waals surface area contributed by atoms with Crippen LogP contribution in [0.25, 0.3) is 0 Å². The van der Waals surface area contributed by atoms with Crippen molar-refractivity contribution in [3.8, 4) is 0 Å². The Morgan fingerprint density at radius 3 is 2.56 bits per heavy atom. The molecule has 1 aliphatic heterocycles. The van der Waals surface area contributed by atoms with E-state index in [1.165, 1.54) is 4.90 Å². The third-order valence-electron chi connectivity index (χ3n) is 2.85. The van der Waals surface area contributed by atoms with E-state index in [0.717, 1.165) is 0 Å². The standard InChI is InChI=1S/C12H21F2NO3/c1-12(2,3)18-11(17)15-6-4-5-8(7-15)9(16)10(13)14/h8-10,16H,4-7H2,1-3H3. The van der Waals surface area contributed by atoms with Crippen LogP contribution in [0.2, 0.25) is 0 Å². The number of ether oxygens (including phenoxy) is 1. The van der Waals surface area contributed by atoms with Crippen LogP contribution < -0.4 is 0 Å². The summed E-state index contributed by atoms with van der Waals surface area (Å²) >= 11 is 0. The molecule has 1 aliphatic rings. The van der Waals surface area contributed by atoms with Crippen molar-refractivity contribution in [2.45, 2.75) is 51.7 Å². The van der Waals surface area contributed by atoms with Crippen LogP contribution >= 0.6 is 0 Å². The van der Waals surface area contributed by atoms with Gasteiger partial charge < -0.3 is 14.7 Å². The van der Waals surface area contributed by atoms with Gasteiger partial charge >= 0.3 is 6.09 Å². The van der Waals surface area contributed by atoms with Gasteiger partial charge in [-0.3, -0.25) is 0 Å². The normalized spacial score (nSPS) is 23.1. The van der Waals surface area contributed by atoms with Crippen LogP contribution in [0.15, 0.2) is 0 Å². The van der Waals surface area contributed by atoms with Gasteiger partial charge in [0.25, 0.3) is 6.43 Å². The fraction of sp³-hybridized carbons (Fsp3) is 0.917. The second kappa shape index (κ2) is 5.82. The SMILES string of the molecule is CC(C)(C)OC(=O)N1CCCC(C(O)C(F)F)C1. The maximum absolute atomic E-state index is 12.4. The highest BCUT2D eigenvalue weighted by Gasteiger charge is 2.34. The first kappa shape index (κ1) is 15.1. The summed E-state index contributed by atoms with van der Waals surface area (Å²) in [7, 11) is 0. The molecule has 6 heteroatoms. The van der Waals surface area contributed by atoms with Gasteiger partial charge in [0, 0.05) is 19.0 Å². The molecule has 0 bridgehead atoms. The van der Waals surface area contributed by atoms with Gasteiger partial charge in [-0.2, -0.15) is 0 Å². The number of rotatable bonds is 2. The van der Waals surface area contributed by atoms with Crippen LogP contribution in [0.3, 0.4) is 0 Å². The van der Waals surface area contributed by atoms with Crippen LogP contribution in [-0.2, 0) is 4.74 Å². The Bertz CT molecular complexity index is 292. The van der Waals surface area contributed by atoms with Crippen molar-refractivity contribution in [3.05, 3.63) is 0 Å². The molecule has 0 saturated carbocycles. The quantitative estimate of drug-likeness (QED) is 0.833. The number of aliphatic hydroxyl groups is 1. The summed E-state index contributed by atoms with van der Waals surface area (Å²) < 4.78 is 30.0. The van der Waals surface area contributed by atoms with Crippen molar-refractivity contribution in [2.24, 2.45) is 5.92 Å². The molecule has 1 N–H and O–H groups in total. The number of hydrogen-bond acceptors (Lipinski definition) is 3. The van der Waals surface area contributed by atoms with Crippen molar-refractivity contribution in [2.75, 3.05) is 13.1 Å². The molecule has 1 amide bonds. The highest BCUT2D eigenvalue weighted by Crippen LogP contribution is 2.24. The summed E-state index contributed by atoms with van der Waals surface area (Å²) in [5.41, 5.74) is -0.606. The number of halogens is 2. The minimum absolute atomic E-state index is 0.125. The lowest BCUT2D eigenvalue weighted by atomic mass is 9.93. The number of hydrogen-bond donors (Lipinski definition) is 1. The average molecular weight is 265 g/mol. The zero-order valence-electron chi connectivity index (χ0n) is 11.0. The van der Waals surface area contributed by atoms with Crippen molar-refractivity contribution in [3.63, 3.8) is 0 Å². The van der Waals surface area contributed by atoms with Gasteiger partial charge in [0.2, 0.25) is 0 Å². The summed E-state index contributed by atoms with van der Waals surface area (Å²) in [6.07, 6.45) is -3.84. The minimum Gasteiger partial charge on any atom is -0.444 e. The largest absolute Gasteiger partial charge is 0.444 e. The van der Waals surface area contributed by atoms with E-state index < -0.39 is 30.1 Å². The molecule has 0 radical (unpaired) electrons. The highest BCUT2D eigenvalue weighted by atomic mass is 19.3. The van der Waals surface area contributed by atoms with E-state index in [-0.39, 0.29) is 6.54 Å². The van der Waals surface area contributed by atoms with Gasteiger partial charge in [0.05, 0.1) is 0 Å². The molecule has 18 heavy (non-hydrogen) atoms. The fourth-order valence-corrected chi connectivity index (χ4v) is 1.99. The Morgan fingerprint density at radius 1 is 1.44 bits per heavy atom. The van der Waals surface area contributed by atoms with Gasteiger partial charge in [-0.15, -0.1) is 0 Å². The number of carbonyl (C=O) groups is 1. The molecular weight excluding hydrogens is 244 g/mol. The summed E-state index contributed by atoms with van der Waals surface area (Å²) in [5.74, 6) is -0.578. The molecule has 0 aromatic carbocycles. The Morgan fingerprint density at radius 2 is 2.06 bits per heavy atom. The Balaban J connectivity index is 2.56. The molecule has 0 aromatic heterocycles. The molecular formula is C12H21F2NO3. The molecule has 0 spiro atoms. The monoisotopic (exact) mass is 265 g/mol. The zero-order valence-corrected chi connectivity index (χ0v) is 11.0. The van der Waals surface area contributed by atoms with E-state index in [1.807, 2.05) is 0 Å². The first-order valence-corrected chi connectivity index (χ1v) is 6.15. The molecule has 4 nitrogen and oxygen atoms in total. The summed E-state index contributed by atoms with van der Waals surface area (Å²) in [4.78, 5) is 13.2. The lowest BCUT2D eigenvalue weighted by Gasteiger charge is -2.35. The molecule has 2 unspecified atom stereocenters. The van der Waals surface area contributed by atoms with E-state index in [2.05, 4.69) is 0 Å².